The highest BCUT2D eigenvalue weighted by molar-refractivity contribution is 6.31. The van der Waals surface area contributed by atoms with E-state index in [2.05, 4.69) is 10.3 Å². The van der Waals surface area contributed by atoms with Gasteiger partial charge in [-0.15, -0.1) is 0 Å². The van der Waals surface area contributed by atoms with E-state index in [1.54, 1.807) is 35.4 Å². The van der Waals surface area contributed by atoms with Crippen molar-refractivity contribution >= 4 is 23.4 Å². The molecule has 0 saturated carbocycles. The van der Waals surface area contributed by atoms with Gasteiger partial charge in [-0.1, -0.05) is 48.0 Å². The van der Waals surface area contributed by atoms with Crippen LogP contribution in [0.15, 0.2) is 65.2 Å². The first-order valence-electron chi connectivity index (χ1n) is 10.4. The SMILES string of the molecule is O=C(NCC(=O)N1CCCC[C@H]1c1ncc(Cc2ccccc2Cl)o1)c1ccccc1. The fourth-order valence-corrected chi connectivity index (χ4v) is 4.03. The second-order valence-corrected chi connectivity index (χ2v) is 7.99. The summed E-state index contributed by atoms with van der Waals surface area (Å²) in [7, 11) is 0. The van der Waals surface area contributed by atoms with Crippen LogP contribution >= 0.6 is 11.6 Å². The summed E-state index contributed by atoms with van der Waals surface area (Å²) in [4.78, 5) is 31.4. The maximum atomic E-state index is 12.9. The molecule has 7 heteroatoms. The van der Waals surface area contributed by atoms with Crippen molar-refractivity contribution in [3.05, 3.63) is 88.6 Å². The van der Waals surface area contributed by atoms with Crippen molar-refractivity contribution in [2.75, 3.05) is 13.1 Å². The zero-order chi connectivity index (χ0) is 21.6. The van der Waals surface area contributed by atoms with Crippen LogP contribution in [0.3, 0.4) is 0 Å². The summed E-state index contributed by atoms with van der Waals surface area (Å²) in [5, 5.41) is 3.40. The maximum Gasteiger partial charge on any atom is 0.251 e. The standard InChI is InChI=1S/C24H24ClN3O3/c25-20-11-5-4-10-18(20)14-19-15-27-24(31-19)21-12-6-7-13-28(21)22(29)16-26-23(30)17-8-2-1-3-9-17/h1-5,8-11,15,21H,6-7,12-14,16H2,(H,26,30)/t21-/m0/s1. The summed E-state index contributed by atoms with van der Waals surface area (Å²) in [5.41, 5.74) is 1.49. The number of likely N-dealkylation sites (tertiary alicyclic amines) is 1. The Morgan fingerprint density at radius 3 is 2.68 bits per heavy atom. The molecule has 1 aliphatic heterocycles. The van der Waals surface area contributed by atoms with E-state index in [4.69, 9.17) is 16.0 Å². The zero-order valence-electron chi connectivity index (χ0n) is 17.1. The number of hydrogen-bond acceptors (Lipinski definition) is 4. The fraction of sp³-hybridized carbons (Fsp3) is 0.292. The van der Waals surface area contributed by atoms with Crippen LogP contribution in [0, 0.1) is 0 Å². The highest BCUT2D eigenvalue weighted by Crippen LogP contribution is 2.31. The number of piperidine rings is 1. The summed E-state index contributed by atoms with van der Waals surface area (Å²) < 4.78 is 6.01. The number of hydrogen-bond donors (Lipinski definition) is 1. The van der Waals surface area contributed by atoms with Crippen LogP contribution in [0.2, 0.25) is 5.02 Å². The van der Waals surface area contributed by atoms with Gasteiger partial charge in [-0.05, 0) is 43.0 Å². The van der Waals surface area contributed by atoms with Gasteiger partial charge in [-0.2, -0.15) is 0 Å². The molecule has 0 bridgehead atoms. The third-order valence-corrected chi connectivity index (χ3v) is 5.81. The Morgan fingerprint density at radius 1 is 1.10 bits per heavy atom. The number of halogens is 1. The largest absolute Gasteiger partial charge is 0.443 e. The average Bonchev–Trinajstić information content (AvgIpc) is 3.28. The molecule has 0 spiro atoms. The monoisotopic (exact) mass is 437 g/mol. The molecular formula is C24H24ClN3O3. The van der Waals surface area contributed by atoms with Crippen molar-refractivity contribution in [1.29, 1.82) is 0 Å². The van der Waals surface area contributed by atoms with E-state index in [1.165, 1.54) is 0 Å². The Morgan fingerprint density at radius 2 is 1.87 bits per heavy atom. The van der Waals surface area contributed by atoms with E-state index in [9.17, 15) is 9.59 Å². The predicted molar refractivity (Wildman–Crippen MR) is 118 cm³/mol. The molecule has 0 aliphatic carbocycles. The lowest BCUT2D eigenvalue weighted by molar-refractivity contribution is -0.134. The summed E-state index contributed by atoms with van der Waals surface area (Å²) >= 11 is 6.25. The van der Waals surface area contributed by atoms with Gasteiger partial charge >= 0.3 is 0 Å². The smallest absolute Gasteiger partial charge is 0.251 e. The van der Waals surface area contributed by atoms with E-state index in [0.717, 1.165) is 24.8 Å². The molecule has 4 rings (SSSR count). The van der Waals surface area contributed by atoms with Crippen molar-refractivity contribution in [2.24, 2.45) is 0 Å². The van der Waals surface area contributed by atoms with Crippen molar-refractivity contribution in [3.63, 3.8) is 0 Å². The Kier molecular flexibility index (Phi) is 6.67. The molecule has 6 nitrogen and oxygen atoms in total. The first kappa shape index (κ1) is 21.1. The summed E-state index contributed by atoms with van der Waals surface area (Å²) in [6.07, 6.45) is 4.94. The number of aromatic nitrogens is 1. The molecule has 2 aromatic carbocycles. The first-order chi connectivity index (χ1) is 15.1. The van der Waals surface area contributed by atoms with Gasteiger partial charge in [0.2, 0.25) is 11.8 Å². The molecule has 1 aliphatic rings. The third kappa shape index (κ3) is 5.14. The molecule has 1 aromatic heterocycles. The van der Waals surface area contributed by atoms with Crippen molar-refractivity contribution in [2.45, 2.75) is 31.7 Å². The van der Waals surface area contributed by atoms with Gasteiger partial charge in [0.25, 0.3) is 5.91 Å². The highest BCUT2D eigenvalue weighted by Gasteiger charge is 2.31. The first-order valence-corrected chi connectivity index (χ1v) is 10.8. The predicted octanol–water partition coefficient (Wildman–Crippen LogP) is 4.40. The van der Waals surface area contributed by atoms with E-state index < -0.39 is 0 Å². The van der Waals surface area contributed by atoms with Crippen LogP contribution in [-0.2, 0) is 11.2 Å². The van der Waals surface area contributed by atoms with Crippen LogP contribution < -0.4 is 5.32 Å². The minimum absolute atomic E-state index is 0.0581. The van der Waals surface area contributed by atoms with Crippen LogP contribution in [0.25, 0.3) is 0 Å². The molecule has 1 fully saturated rings. The molecule has 3 aromatic rings. The number of carbonyl (C=O) groups excluding carboxylic acids is 2. The van der Waals surface area contributed by atoms with E-state index in [0.29, 0.717) is 35.2 Å². The lowest BCUT2D eigenvalue weighted by Gasteiger charge is -2.33. The van der Waals surface area contributed by atoms with Crippen LogP contribution in [0.4, 0.5) is 0 Å². The minimum Gasteiger partial charge on any atom is -0.443 e. The van der Waals surface area contributed by atoms with Gasteiger partial charge in [0.15, 0.2) is 0 Å². The summed E-state index contributed by atoms with van der Waals surface area (Å²) in [6.45, 7) is 0.560. The topological polar surface area (TPSA) is 75.4 Å². The molecule has 2 amide bonds. The molecule has 160 valence electrons. The van der Waals surface area contributed by atoms with Gasteiger partial charge in [-0.25, -0.2) is 4.98 Å². The summed E-state index contributed by atoms with van der Waals surface area (Å²) in [6, 6.07) is 16.3. The molecular weight excluding hydrogens is 414 g/mol. The third-order valence-electron chi connectivity index (χ3n) is 5.44. The molecule has 2 heterocycles. The van der Waals surface area contributed by atoms with E-state index in [1.807, 2.05) is 30.3 Å². The second-order valence-electron chi connectivity index (χ2n) is 7.58. The quantitative estimate of drug-likeness (QED) is 0.620. The lowest BCUT2D eigenvalue weighted by atomic mass is 10.0. The number of rotatable bonds is 6. The second kappa shape index (κ2) is 9.79. The fourth-order valence-electron chi connectivity index (χ4n) is 3.82. The lowest BCUT2D eigenvalue weighted by Crippen LogP contribution is -2.44. The Labute approximate surface area is 186 Å². The van der Waals surface area contributed by atoms with Crippen LogP contribution in [0.5, 0.6) is 0 Å². The number of nitrogens with zero attached hydrogens (tertiary/aromatic N) is 2. The van der Waals surface area contributed by atoms with E-state index >= 15 is 0 Å². The number of oxazole rings is 1. The van der Waals surface area contributed by atoms with Crippen molar-refractivity contribution < 1.29 is 14.0 Å². The average molecular weight is 438 g/mol. The molecule has 0 unspecified atom stereocenters. The number of benzene rings is 2. The van der Waals surface area contributed by atoms with Gasteiger partial charge in [0.05, 0.1) is 12.7 Å². The molecule has 0 radical (unpaired) electrons. The van der Waals surface area contributed by atoms with E-state index in [-0.39, 0.29) is 24.4 Å². The normalized spacial score (nSPS) is 16.2. The summed E-state index contributed by atoms with van der Waals surface area (Å²) in [5.74, 6) is 0.837. The van der Waals surface area contributed by atoms with Gasteiger partial charge in [0, 0.05) is 23.6 Å². The van der Waals surface area contributed by atoms with Crippen molar-refractivity contribution in [3.8, 4) is 0 Å². The van der Waals surface area contributed by atoms with Gasteiger partial charge in [-0.3, -0.25) is 9.59 Å². The number of carbonyl (C=O) groups is 2. The van der Waals surface area contributed by atoms with Gasteiger partial charge < -0.3 is 14.6 Å². The Balaban J connectivity index is 1.41. The minimum atomic E-state index is -0.263. The highest BCUT2D eigenvalue weighted by atomic mass is 35.5. The molecule has 31 heavy (non-hydrogen) atoms. The molecule has 1 saturated heterocycles. The van der Waals surface area contributed by atoms with Crippen LogP contribution in [-0.4, -0.2) is 34.8 Å². The Bertz CT molecular complexity index is 1050. The maximum absolute atomic E-state index is 12.9. The molecule has 1 atom stereocenters. The van der Waals surface area contributed by atoms with Crippen LogP contribution in [0.1, 0.15) is 52.9 Å². The zero-order valence-corrected chi connectivity index (χ0v) is 17.8. The van der Waals surface area contributed by atoms with Crippen molar-refractivity contribution in [1.82, 2.24) is 15.2 Å². The number of amides is 2. The molecule has 1 N–H and O–H groups in total. The van der Waals surface area contributed by atoms with Gasteiger partial charge in [0.1, 0.15) is 11.8 Å². The Hall–Kier alpha value is -3.12. The number of nitrogens with one attached hydrogen (secondary N) is 1.